The Balaban J connectivity index is 2.48. The van der Waals surface area contributed by atoms with Crippen molar-refractivity contribution < 1.29 is 4.79 Å². The lowest BCUT2D eigenvalue weighted by molar-refractivity contribution is -0.111. The van der Waals surface area contributed by atoms with E-state index in [9.17, 15) is 4.79 Å². The van der Waals surface area contributed by atoms with Crippen molar-refractivity contribution in [1.82, 2.24) is 9.88 Å². The molecule has 4 heteroatoms. The van der Waals surface area contributed by atoms with E-state index in [4.69, 9.17) is 0 Å². The Kier molecular flexibility index (Phi) is 3.03. The summed E-state index contributed by atoms with van der Waals surface area (Å²) >= 11 is 1.68. The van der Waals surface area contributed by atoms with Crippen LogP contribution in [0.25, 0.3) is 10.2 Å². The average Bonchev–Trinajstić information content (AvgIpc) is 2.57. The smallest absolute Gasteiger partial charge is 0.141 e. The molecule has 2 rings (SSSR count). The molecule has 0 aliphatic carbocycles. The predicted octanol–water partition coefficient (Wildman–Crippen LogP) is 2.41. The van der Waals surface area contributed by atoms with Gasteiger partial charge in [0.15, 0.2) is 0 Å². The molecule has 16 heavy (non-hydrogen) atoms. The first-order valence-corrected chi connectivity index (χ1v) is 5.92. The van der Waals surface area contributed by atoms with Crippen molar-refractivity contribution in [3.63, 3.8) is 0 Å². The maximum Gasteiger partial charge on any atom is 0.141 e. The molecule has 2 aromatic rings. The molecule has 84 valence electrons. The molecule has 1 aromatic carbocycles. The van der Waals surface area contributed by atoms with Gasteiger partial charge in [-0.05, 0) is 38.7 Å². The number of benzene rings is 1. The summed E-state index contributed by atoms with van der Waals surface area (Å²) in [6.45, 7) is 1.99. The van der Waals surface area contributed by atoms with E-state index in [0.29, 0.717) is 0 Å². The summed E-state index contributed by atoms with van der Waals surface area (Å²) in [5, 5.41) is 1.06. The number of aryl methyl sites for hydroxylation is 1. The Morgan fingerprint density at radius 2 is 2.19 bits per heavy atom. The fourth-order valence-corrected chi connectivity index (χ4v) is 2.55. The summed E-state index contributed by atoms with van der Waals surface area (Å²) in [6, 6.07) is 5.85. The summed E-state index contributed by atoms with van der Waals surface area (Å²) in [4.78, 5) is 17.4. The standard InChI is InChI=1S/C12H14N2OS/c1-8-13-10-6-9(4-5-12(10)16-8)11(7-15)14(2)3/h4-7,11H,1-3H3. The second-order valence-electron chi connectivity index (χ2n) is 4.00. The van der Waals surface area contributed by atoms with Crippen LogP contribution in [0.1, 0.15) is 16.6 Å². The van der Waals surface area contributed by atoms with Gasteiger partial charge in [-0.15, -0.1) is 11.3 Å². The van der Waals surface area contributed by atoms with Crippen molar-refractivity contribution in [2.45, 2.75) is 13.0 Å². The lowest BCUT2D eigenvalue weighted by atomic mass is 10.1. The van der Waals surface area contributed by atoms with Gasteiger partial charge in [0.1, 0.15) is 6.29 Å². The molecular weight excluding hydrogens is 220 g/mol. The minimum atomic E-state index is -0.189. The number of hydrogen-bond acceptors (Lipinski definition) is 4. The number of rotatable bonds is 3. The molecule has 1 aromatic heterocycles. The largest absolute Gasteiger partial charge is 0.301 e. The van der Waals surface area contributed by atoms with E-state index in [-0.39, 0.29) is 6.04 Å². The van der Waals surface area contributed by atoms with Gasteiger partial charge in [-0.3, -0.25) is 4.90 Å². The zero-order valence-corrected chi connectivity index (χ0v) is 10.4. The Hall–Kier alpha value is -1.26. The molecule has 0 N–H and O–H groups in total. The Labute approximate surface area is 98.7 Å². The van der Waals surface area contributed by atoms with E-state index in [0.717, 1.165) is 22.4 Å². The SMILES string of the molecule is Cc1nc2cc(C(C=O)N(C)C)ccc2s1. The van der Waals surface area contributed by atoms with Crippen LogP contribution in [0, 0.1) is 6.92 Å². The molecule has 1 atom stereocenters. The monoisotopic (exact) mass is 234 g/mol. The van der Waals surface area contributed by atoms with Crippen molar-refractivity contribution in [2.75, 3.05) is 14.1 Å². The lowest BCUT2D eigenvalue weighted by Crippen LogP contribution is -2.20. The number of thiazole rings is 1. The quantitative estimate of drug-likeness (QED) is 0.765. The van der Waals surface area contributed by atoms with Crippen molar-refractivity contribution in [3.8, 4) is 0 Å². The lowest BCUT2D eigenvalue weighted by Gasteiger charge is -2.18. The van der Waals surface area contributed by atoms with Crippen molar-refractivity contribution >= 4 is 27.8 Å². The first-order chi connectivity index (χ1) is 7.61. The van der Waals surface area contributed by atoms with Crippen LogP contribution < -0.4 is 0 Å². The number of aldehydes is 1. The summed E-state index contributed by atoms with van der Waals surface area (Å²) in [7, 11) is 3.80. The third-order valence-electron chi connectivity index (χ3n) is 2.55. The summed E-state index contributed by atoms with van der Waals surface area (Å²) in [5.74, 6) is 0. The Morgan fingerprint density at radius 1 is 1.44 bits per heavy atom. The minimum Gasteiger partial charge on any atom is -0.301 e. The number of carbonyl (C=O) groups excluding carboxylic acids is 1. The van der Waals surface area contributed by atoms with E-state index < -0.39 is 0 Å². The molecule has 0 radical (unpaired) electrons. The minimum absolute atomic E-state index is 0.189. The van der Waals surface area contributed by atoms with Crippen LogP contribution in [0.4, 0.5) is 0 Å². The fraction of sp³-hybridized carbons (Fsp3) is 0.333. The van der Waals surface area contributed by atoms with Gasteiger partial charge in [-0.25, -0.2) is 4.98 Å². The fourth-order valence-electron chi connectivity index (χ4n) is 1.74. The normalized spacial score (nSPS) is 13.2. The third kappa shape index (κ3) is 1.99. The molecule has 0 amide bonds. The van der Waals surface area contributed by atoms with E-state index in [1.165, 1.54) is 4.70 Å². The first-order valence-electron chi connectivity index (χ1n) is 5.10. The summed E-state index contributed by atoms with van der Waals surface area (Å²) in [6.07, 6.45) is 0.959. The van der Waals surface area contributed by atoms with E-state index in [2.05, 4.69) is 4.98 Å². The molecule has 3 nitrogen and oxygen atoms in total. The molecule has 0 aliphatic rings. The van der Waals surface area contributed by atoms with Crippen molar-refractivity contribution in [1.29, 1.82) is 0 Å². The van der Waals surface area contributed by atoms with E-state index in [1.807, 2.05) is 44.1 Å². The first kappa shape index (κ1) is 11.2. The molecule has 0 saturated heterocycles. The predicted molar refractivity (Wildman–Crippen MR) is 66.8 cm³/mol. The number of fused-ring (bicyclic) bond motifs is 1. The van der Waals surface area contributed by atoms with Crippen molar-refractivity contribution in [2.24, 2.45) is 0 Å². The average molecular weight is 234 g/mol. The second kappa shape index (κ2) is 4.31. The molecule has 0 saturated carbocycles. The maximum absolute atomic E-state index is 11.0. The van der Waals surface area contributed by atoms with Crippen LogP contribution in [-0.2, 0) is 4.79 Å². The number of aromatic nitrogens is 1. The van der Waals surface area contributed by atoms with Crippen LogP contribution in [0.5, 0.6) is 0 Å². The summed E-state index contributed by atoms with van der Waals surface area (Å²) < 4.78 is 1.17. The van der Waals surface area contributed by atoms with Gasteiger partial charge in [-0.1, -0.05) is 6.07 Å². The zero-order chi connectivity index (χ0) is 11.7. The van der Waals surface area contributed by atoms with Crippen LogP contribution in [0.15, 0.2) is 18.2 Å². The van der Waals surface area contributed by atoms with Crippen LogP contribution in [0.2, 0.25) is 0 Å². The van der Waals surface area contributed by atoms with Gasteiger partial charge in [-0.2, -0.15) is 0 Å². The number of carbonyl (C=O) groups is 1. The van der Waals surface area contributed by atoms with E-state index >= 15 is 0 Å². The molecule has 0 fully saturated rings. The van der Waals surface area contributed by atoms with E-state index in [1.54, 1.807) is 11.3 Å². The molecule has 0 bridgehead atoms. The van der Waals surface area contributed by atoms with Crippen molar-refractivity contribution in [3.05, 3.63) is 28.8 Å². The van der Waals surface area contributed by atoms with Crippen LogP contribution in [0.3, 0.4) is 0 Å². The molecule has 0 spiro atoms. The van der Waals surface area contributed by atoms with Gasteiger partial charge in [0, 0.05) is 0 Å². The van der Waals surface area contributed by atoms with Gasteiger partial charge in [0.05, 0.1) is 21.3 Å². The Morgan fingerprint density at radius 3 is 2.81 bits per heavy atom. The highest BCUT2D eigenvalue weighted by molar-refractivity contribution is 7.18. The molecular formula is C12H14N2OS. The molecule has 1 unspecified atom stereocenters. The zero-order valence-electron chi connectivity index (χ0n) is 9.60. The van der Waals surface area contributed by atoms with Crippen LogP contribution in [-0.4, -0.2) is 30.3 Å². The number of hydrogen-bond donors (Lipinski definition) is 0. The van der Waals surface area contributed by atoms with Crippen LogP contribution >= 0.6 is 11.3 Å². The highest BCUT2D eigenvalue weighted by atomic mass is 32.1. The summed E-state index contributed by atoms with van der Waals surface area (Å²) in [5.41, 5.74) is 1.98. The highest BCUT2D eigenvalue weighted by Crippen LogP contribution is 2.25. The van der Waals surface area contributed by atoms with Gasteiger partial charge in [0.25, 0.3) is 0 Å². The van der Waals surface area contributed by atoms with Gasteiger partial charge in [0.2, 0.25) is 0 Å². The molecule has 1 heterocycles. The van der Waals surface area contributed by atoms with Gasteiger partial charge < -0.3 is 4.79 Å². The maximum atomic E-state index is 11.0. The molecule has 0 aliphatic heterocycles. The highest BCUT2D eigenvalue weighted by Gasteiger charge is 2.13. The number of likely N-dealkylation sites (N-methyl/N-ethyl adjacent to an activating group) is 1. The third-order valence-corrected chi connectivity index (χ3v) is 3.50. The number of nitrogens with zero attached hydrogens (tertiary/aromatic N) is 2. The topological polar surface area (TPSA) is 33.2 Å². The van der Waals surface area contributed by atoms with Gasteiger partial charge >= 0.3 is 0 Å². The Bertz CT molecular complexity index is 519. The second-order valence-corrected chi connectivity index (χ2v) is 5.24.